The fourth-order valence-electron chi connectivity index (χ4n) is 4.64. The van der Waals surface area contributed by atoms with Crippen LogP contribution in [0.3, 0.4) is 0 Å². The summed E-state index contributed by atoms with van der Waals surface area (Å²) in [6, 6.07) is 7.55. The molecule has 186 valence electrons. The number of benzene rings is 1. The van der Waals surface area contributed by atoms with Crippen molar-refractivity contribution in [1.82, 2.24) is 19.9 Å². The summed E-state index contributed by atoms with van der Waals surface area (Å²) in [5.41, 5.74) is 0.949. The van der Waals surface area contributed by atoms with E-state index in [0.29, 0.717) is 28.9 Å². The highest BCUT2D eigenvalue weighted by Crippen LogP contribution is 2.41. The molecule has 2 aromatic heterocycles. The maximum atomic E-state index is 13.5. The first-order chi connectivity index (χ1) is 16.9. The molecule has 2 aliphatic rings. The topological polar surface area (TPSA) is 57.2 Å². The summed E-state index contributed by atoms with van der Waals surface area (Å²) in [5.74, 6) is 0.555. The van der Waals surface area contributed by atoms with Gasteiger partial charge in [0.2, 0.25) is 5.95 Å². The Morgan fingerprint density at radius 2 is 1.77 bits per heavy atom. The van der Waals surface area contributed by atoms with Gasteiger partial charge in [0.15, 0.2) is 5.13 Å². The Balaban J connectivity index is 1.52. The maximum Gasteiger partial charge on any atom is 0.416 e. The molecule has 1 aliphatic heterocycles. The number of nitrogens with zero attached hydrogens (tertiary/aromatic N) is 5. The molecule has 1 N–H and O–H groups in total. The second-order valence-corrected chi connectivity index (χ2v) is 10.3. The van der Waals surface area contributed by atoms with E-state index in [9.17, 15) is 13.2 Å². The molecular formula is C25H29F3N6S. The molecule has 0 radical (unpaired) electrons. The van der Waals surface area contributed by atoms with Gasteiger partial charge in [-0.3, -0.25) is 0 Å². The molecule has 0 spiro atoms. The van der Waals surface area contributed by atoms with Crippen LogP contribution >= 0.6 is 11.3 Å². The van der Waals surface area contributed by atoms with Crippen molar-refractivity contribution in [2.75, 3.05) is 43.4 Å². The van der Waals surface area contributed by atoms with Gasteiger partial charge in [0.1, 0.15) is 0 Å². The highest BCUT2D eigenvalue weighted by atomic mass is 32.1. The normalized spacial score (nSPS) is 18.1. The Labute approximate surface area is 207 Å². The minimum Gasteiger partial charge on any atom is -0.351 e. The largest absolute Gasteiger partial charge is 0.416 e. The van der Waals surface area contributed by atoms with Crippen LogP contribution in [0.5, 0.6) is 0 Å². The van der Waals surface area contributed by atoms with E-state index in [4.69, 9.17) is 9.97 Å². The highest BCUT2D eigenvalue weighted by molar-refractivity contribution is 7.19. The van der Waals surface area contributed by atoms with Crippen LogP contribution in [0.2, 0.25) is 0 Å². The van der Waals surface area contributed by atoms with Gasteiger partial charge in [-0.15, -0.1) is 0 Å². The molecule has 3 aromatic rings. The highest BCUT2D eigenvalue weighted by Gasteiger charge is 2.31. The zero-order chi connectivity index (χ0) is 24.4. The fourth-order valence-corrected chi connectivity index (χ4v) is 5.75. The Morgan fingerprint density at radius 3 is 2.51 bits per heavy atom. The molecule has 6 nitrogen and oxygen atoms in total. The summed E-state index contributed by atoms with van der Waals surface area (Å²) in [6.45, 7) is 3.47. The molecular weight excluding hydrogens is 473 g/mol. The molecule has 1 saturated heterocycles. The smallest absolute Gasteiger partial charge is 0.351 e. The van der Waals surface area contributed by atoms with Crippen LogP contribution in [0.1, 0.15) is 37.7 Å². The van der Waals surface area contributed by atoms with Crippen LogP contribution in [0.4, 0.5) is 24.3 Å². The van der Waals surface area contributed by atoms with Gasteiger partial charge < -0.3 is 15.1 Å². The van der Waals surface area contributed by atoms with Crippen molar-refractivity contribution in [3.8, 4) is 21.8 Å². The van der Waals surface area contributed by atoms with E-state index in [1.165, 1.54) is 42.7 Å². The molecule has 10 heteroatoms. The minimum absolute atomic E-state index is 0.351. The summed E-state index contributed by atoms with van der Waals surface area (Å²) in [4.78, 5) is 19.2. The van der Waals surface area contributed by atoms with E-state index in [1.54, 1.807) is 12.3 Å². The van der Waals surface area contributed by atoms with Crippen molar-refractivity contribution in [2.45, 2.75) is 44.3 Å². The zero-order valence-electron chi connectivity index (χ0n) is 19.7. The lowest BCUT2D eigenvalue weighted by Crippen LogP contribution is -2.44. The van der Waals surface area contributed by atoms with Gasteiger partial charge in [-0.1, -0.05) is 42.7 Å². The van der Waals surface area contributed by atoms with Gasteiger partial charge in [0.05, 0.1) is 21.8 Å². The second-order valence-electron chi connectivity index (χ2n) is 9.29. The van der Waals surface area contributed by atoms with Gasteiger partial charge in [-0.05, 0) is 38.1 Å². The van der Waals surface area contributed by atoms with Crippen molar-refractivity contribution in [1.29, 1.82) is 0 Å². The molecule has 1 aliphatic carbocycles. The first kappa shape index (κ1) is 24.0. The van der Waals surface area contributed by atoms with Crippen molar-refractivity contribution in [3.05, 3.63) is 42.1 Å². The minimum atomic E-state index is -4.42. The van der Waals surface area contributed by atoms with Gasteiger partial charge in [0, 0.05) is 44.0 Å². The Bertz CT molecular complexity index is 1150. The van der Waals surface area contributed by atoms with Gasteiger partial charge >= 0.3 is 6.18 Å². The lowest BCUT2D eigenvalue weighted by molar-refractivity contribution is -0.137. The average molecular weight is 503 g/mol. The lowest BCUT2D eigenvalue weighted by atomic mass is 9.96. The monoisotopic (exact) mass is 502 g/mol. The number of aromatic nitrogens is 3. The first-order valence-electron chi connectivity index (χ1n) is 12.1. The number of likely N-dealkylation sites (N-methyl/N-ethyl adjacent to an activating group) is 1. The number of rotatable bonds is 5. The summed E-state index contributed by atoms with van der Waals surface area (Å²) < 4.78 is 40.4. The van der Waals surface area contributed by atoms with E-state index in [1.807, 2.05) is 6.07 Å². The van der Waals surface area contributed by atoms with Crippen LogP contribution in [0.15, 0.2) is 36.5 Å². The quantitative estimate of drug-likeness (QED) is 0.477. The number of hydrogen-bond acceptors (Lipinski definition) is 7. The predicted octanol–water partition coefficient (Wildman–Crippen LogP) is 5.78. The van der Waals surface area contributed by atoms with Crippen LogP contribution in [-0.4, -0.2) is 59.1 Å². The molecule has 0 atom stereocenters. The van der Waals surface area contributed by atoms with Crippen LogP contribution < -0.4 is 10.2 Å². The number of piperazine rings is 1. The summed E-state index contributed by atoms with van der Waals surface area (Å²) in [7, 11) is 2.08. The Hall–Kier alpha value is -2.72. The van der Waals surface area contributed by atoms with E-state index < -0.39 is 11.7 Å². The molecule has 35 heavy (non-hydrogen) atoms. The summed E-state index contributed by atoms with van der Waals surface area (Å²) >= 11 is 1.48. The molecule has 5 rings (SSSR count). The average Bonchev–Trinajstić information content (AvgIpc) is 3.31. The van der Waals surface area contributed by atoms with Gasteiger partial charge in [0.25, 0.3) is 0 Å². The molecule has 0 unspecified atom stereocenters. The van der Waals surface area contributed by atoms with Crippen molar-refractivity contribution in [2.24, 2.45) is 0 Å². The number of alkyl halides is 3. The maximum absolute atomic E-state index is 13.5. The summed E-state index contributed by atoms with van der Waals surface area (Å²) in [6.07, 6.45) is 3.13. The molecule has 1 saturated carbocycles. The Morgan fingerprint density at radius 1 is 1.00 bits per heavy atom. The van der Waals surface area contributed by atoms with Gasteiger partial charge in [-0.25, -0.2) is 15.0 Å². The van der Waals surface area contributed by atoms with Crippen LogP contribution in [0.25, 0.3) is 21.8 Å². The summed E-state index contributed by atoms with van der Waals surface area (Å²) in [5, 5.41) is 4.26. The van der Waals surface area contributed by atoms with Gasteiger partial charge in [-0.2, -0.15) is 13.2 Å². The van der Waals surface area contributed by atoms with E-state index in [-0.39, 0.29) is 0 Å². The van der Waals surface area contributed by atoms with Crippen molar-refractivity contribution >= 4 is 22.4 Å². The second kappa shape index (κ2) is 10.1. The molecule has 2 fully saturated rings. The Kier molecular flexibility index (Phi) is 6.93. The third kappa shape index (κ3) is 5.59. The molecule has 0 amide bonds. The zero-order valence-corrected chi connectivity index (χ0v) is 20.5. The fraction of sp³-hybridized carbons (Fsp3) is 0.480. The van der Waals surface area contributed by atoms with E-state index in [2.05, 4.69) is 27.1 Å². The number of thiazole rings is 1. The SMILES string of the molecule is CN1CCN(c2nc(-c3cccc(C(F)(F)F)c3)c(-c3ccnc(NC4CCCCC4)n3)s2)CC1. The van der Waals surface area contributed by atoms with Crippen molar-refractivity contribution in [3.63, 3.8) is 0 Å². The van der Waals surface area contributed by atoms with Crippen molar-refractivity contribution < 1.29 is 13.2 Å². The van der Waals surface area contributed by atoms with Crippen LogP contribution in [0, 0.1) is 0 Å². The van der Waals surface area contributed by atoms with Crippen LogP contribution in [-0.2, 0) is 6.18 Å². The predicted molar refractivity (Wildman–Crippen MR) is 134 cm³/mol. The lowest BCUT2D eigenvalue weighted by Gasteiger charge is -2.32. The number of hydrogen-bond donors (Lipinski definition) is 1. The third-order valence-corrected chi connectivity index (χ3v) is 7.82. The number of nitrogens with one attached hydrogen (secondary N) is 1. The molecule has 1 aromatic carbocycles. The van der Waals surface area contributed by atoms with E-state index in [0.717, 1.165) is 55.1 Å². The standard InChI is InChI=1S/C25H29F3N6S/c1-33-12-14-34(15-13-33)24-32-21(17-6-5-7-18(16-17)25(26,27)28)22(35-24)20-10-11-29-23(31-20)30-19-8-3-2-4-9-19/h5-7,10-11,16,19H,2-4,8-9,12-15H2,1H3,(H,29,30,31). The molecule has 3 heterocycles. The van der Waals surface area contributed by atoms with E-state index >= 15 is 0 Å². The number of halogens is 3. The molecule has 0 bridgehead atoms. The third-order valence-electron chi connectivity index (χ3n) is 6.68. The first-order valence-corrected chi connectivity index (χ1v) is 12.9. The number of anilines is 2.